The molecule has 0 saturated heterocycles. The van der Waals surface area contributed by atoms with Crippen LogP contribution in [-0.4, -0.2) is 15.3 Å². The molecular weight excluding hydrogens is 402 g/mol. The second-order valence-electron chi connectivity index (χ2n) is 7.04. The summed E-state index contributed by atoms with van der Waals surface area (Å²) >= 11 is 7.50. The summed E-state index contributed by atoms with van der Waals surface area (Å²) in [5, 5.41) is 5.68. The standard InChI is InChI=1S/C23H22ClN3OS/c1-2-3-4-16-5-11-19(12-6-16)25-22(28)13-20-15-29-23-26-21(14-27(20)23)17-7-9-18(24)10-8-17/h5-12,14-15H,2-4,13H2,1H3,(H,25,28). The number of nitrogens with zero attached hydrogens (tertiary/aromatic N) is 2. The summed E-state index contributed by atoms with van der Waals surface area (Å²) in [4.78, 5) is 18.1. The summed E-state index contributed by atoms with van der Waals surface area (Å²) in [5.41, 5.74) is 4.93. The Morgan fingerprint density at radius 3 is 2.62 bits per heavy atom. The Kier molecular flexibility index (Phi) is 5.97. The number of imidazole rings is 1. The molecule has 2 aromatic heterocycles. The molecule has 0 bridgehead atoms. The lowest BCUT2D eigenvalue weighted by Gasteiger charge is -2.06. The molecule has 0 aliphatic carbocycles. The first kappa shape index (κ1) is 19.7. The fourth-order valence-electron chi connectivity index (χ4n) is 3.22. The van der Waals surface area contributed by atoms with Crippen molar-refractivity contribution >= 4 is 39.5 Å². The predicted octanol–water partition coefficient (Wildman–Crippen LogP) is 6.24. The van der Waals surface area contributed by atoms with E-state index < -0.39 is 0 Å². The van der Waals surface area contributed by atoms with Gasteiger partial charge in [-0.25, -0.2) is 4.98 Å². The number of carbonyl (C=O) groups is 1. The monoisotopic (exact) mass is 423 g/mol. The van der Waals surface area contributed by atoms with Crippen LogP contribution in [0.15, 0.2) is 60.1 Å². The smallest absolute Gasteiger partial charge is 0.230 e. The van der Waals surface area contributed by atoms with Crippen LogP contribution in [0.4, 0.5) is 5.69 Å². The molecule has 0 aliphatic heterocycles. The van der Waals surface area contributed by atoms with Crippen LogP contribution in [0.2, 0.25) is 5.02 Å². The zero-order valence-corrected chi connectivity index (χ0v) is 17.8. The van der Waals surface area contributed by atoms with E-state index in [-0.39, 0.29) is 5.91 Å². The number of aryl methyl sites for hydroxylation is 1. The van der Waals surface area contributed by atoms with Crippen molar-refractivity contribution in [3.63, 3.8) is 0 Å². The first-order chi connectivity index (χ1) is 14.1. The van der Waals surface area contributed by atoms with Gasteiger partial charge < -0.3 is 5.32 Å². The molecule has 0 fully saturated rings. The molecule has 1 amide bonds. The highest BCUT2D eigenvalue weighted by Crippen LogP contribution is 2.25. The SMILES string of the molecule is CCCCc1ccc(NC(=O)Cc2csc3nc(-c4ccc(Cl)cc4)cn23)cc1. The second kappa shape index (κ2) is 8.80. The minimum absolute atomic E-state index is 0.0345. The number of nitrogens with one attached hydrogen (secondary N) is 1. The third kappa shape index (κ3) is 4.69. The zero-order chi connectivity index (χ0) is 20.2. The van der Waals surface area contributed by atoms with Crippen LogP contribution >= 0.6 is 22.9 Å². The molecule has 4 nitrogen and oxygen atoms in total. The third-order valence-electron chi connectivity index (χ3n) is 4.82. The fraction of sp³-hybridized carbons (Fsp3) is 0.217. The molecule has 4 aromatic rings. The van der Waals surface area contributed by atoms with E-state index in [1.54, 1.807) is 0 Å². The van der Waals surface area contributed by atoms with Crippen LogP contribution < -0.4 is 5.32 Å². The largest absolute Gasteiger partial charge is 0.326 e. The average Bonchev–Trinajstić information content (AvgIpc) is 3.30. The molecule has 29 heavy (non-hydrogen) atoms. The fourth-order valence-corrected chi connectivity index (χ4v) is 4.22. The number of carbonyl (C=O) groups excluding carboxylic acids is 1. The van der Waals surface area contributed by atoms with Gasteiger partial charge in [0.25, 0.3) is 0 Å². The Balaban J connectivity index is 1.44. The highest BCUT2D eigenvalue weighted by molar-refractivity contribution is 7.15. The van der Waals surface area contributed by atoms with E-state index in [0.717, 1.165) is 34.0 Å². The number of unbranched alkanes of at least 4 members (excludes halogenated alkanes) is 1. The number of amides is 1. The van der Waals surface area contributed by atoms with Crippen molar-refractivity contribution < 1.29 is 4.79 Å². The molecule has 2 aromatic carbocycles. The first-order valence-electron chi connectivity index (χ1n) is 9.72. The number of halogens is 1. The van der Waals surface area contributed by atoms with Gasteiger partial charge in [0, 0.05) is 33.5 Å². The molecule has 0 atom stereocenters. The number of rotatable bonds is 7. The molecule has 0 saturated carbocycles. The van der Waals surface area contributed by atoms with Crippen molar-refractivity contribution in [1.29, 1.82) is 0 Å². The number of fused-ring (bicyclic) bond motifs is 1. The third-order valence-corrected chi connectivity index (χ3v) is 5.96. The van der Waals surface area contributed by atoms with Gasteiger partial charge in [-0.1, -0.05) is 49.2 Å². The van der Waals surface area contributed by atoms with E-state index in [0.29, 0.717) is 11.4 Å². The maximum atomic E-state index is 12.5. The summed E-state index contributed by atoms with van der Waals surface area (Å²) < 4.78 is 1.99. The van der Waals surface area contributed by atoms with Gasteiger partial charge in [-0.15, -0.1) is 11.3 Å². The van der Waals surface area contributed by atoms with E-state index in [1.807, 2.05) is 52.4 Å². The van der Waals surface area contributed by atoms with Crippen LogP contribution in [-0.2, 0) is 17.6 Å². The van der Waals surface area contributed by atoms with Gasteiger partial charge >= 0.3 is 0 Å². The first-order valence-corrected chi connectivity index (χ1v) is 11.0. The molecule has 0 radical (unpaired) electrons. The molecule has 1 N–H and O–H groups in total. The van der Waals surface area contributed by atoms with Crippen molar-refractivity contribution in [2.45, 2.75) is 32.6 Å². The van der Waals surface area contributed by atoms with E-state index in [4.69, 9.17) is 11.6 Å². The van der Waals surface area contributed by atoms with Gasteiger partial charge in [-0.2, -0.15) is 0 Å². The normalized spacial score (nSPS) is 11.1. The maximum Gasteiger partial charge on any atom is 0.230 e. The van der Waals surface area contributed by atoms with E-state index in [2.05, 4.69) is 29.4 Å². The summed E-state index contributed by atoms with van der Waals surface area (Å²) in [6.45, 7) is 2.19. The molecule has 6 heteroatoms. The van der Waals surface area contributed by atoms with Crippen molar-refractivity contribution in [3.8, 4) is 11.3 Å². The van der Waals surface area contributed by atoms with Crippen molar-refractivity contribution in [3.05, 3.63) is 76.4 Å². The van der Waals surface area contributed by atoms with Crippen LogP contribution in [0.3, 0.4) is 0 Å². The van der Waals surface area contributed by atoms with Crippen molar-refractivity contribution in [2.24, 2.45) is 0 Å². The zero-order valence-electron chi connectivity index (χ0n) is 16.2. The van der Waals surface area contributed by atoms with Gasteiger partial charge in [0.05, 0.1) is 12.1 Å². The van der Waals surface area contributed by atoms with Crippen LogP contribution in [0.25, 0.3) is 16.2 Å². The molecule has 0 aliphatic rings. The number of hydrogen-bond acceptors (Lipinski definition) is 3. The minimum Gasteiger partial charge on any atom is -0.326 e. The summed E-state index contributed by atoms with van der Waals surface area (Å²) in [6, 6.07) is 15.7. The number of anilines is 1. The Morgan fingerprint density at radius 1 is 1.14 bits per heavy atom. The molecule has 4 rings (SSSR count). The Labute approximate surface area is 179 Å². The molecule has 2 heterocycles. The van der Waals surface area contributed by atoms with E-state index >= 15 is 0 Å². The van der Waals surface area contributed by atoms with Crippen LogP contribution in [0.5, 0.6) is 0 Å². The van der Waals surface area contributed by atoms with Gasteiger partial charge in [0.1, 0.15) is 0 Å². The van der Waals surface area contributed by atoms with Gasteiger partial charge in [-0.05, 0) is 42.7 Å². The minimum atomic E-state index is -0.0345. The number of aromatic nitrogens is 2. The lowest BCUT2D eigenvalue weighted by atomic mass is 10.1. The summed E-state index contributed by atoms with van der Waals surface area (Å²) in [7, 11) is 0. The molecule has 0 spiro atoms. The summed E-state index contributed by atoms with van der Waals surface area (Å²) in [6.07, 6.45) is 5.72. The highest BCUT2D eigenvalue weighted by atomic mass is 35.5. The maximum absolute atomic E-state index is 12.5. The second-order valence-corrected chi connectivity index (χ2v) is 8.31. The topological polar surface area (TPSA) is 46.4 Å². The predicted molar refractivity (Wildman–Crippen MR) is 121 cm³/mol. The Hall–Kier alpha value is -2.63. The quantitative estimate of drug-likeness (QED) is 0.382. The molecule has 148 valence electrons. The van der Waals surface area contributed by atoms with Gasteiger partial charge in [-0.3, -0.25) is 9.20 Å². The van der Waals surface area contributed by atoms with Gasteiger partial charge in [0.15, 0.2) is 4.96 Å². The van der Waals surface area contributed by atoms with E-state index in [9.17, 15) is 4.79 Å². The highest BCUT2D eigenvalue weighted by Gasteiger charge is 2.13. The van der Waals surface area contributed by atoms with E-state index in [1.165, 1.54) is 29.7 Å². The molecule has 0 unspecified atom stereocenters. The van der Waals surface area contributed by atoms with Gasteiger partial charge in [0.2, 0.25) is 5.91 Å². The lowest BCUT2D eigenvalue weighted by Crippen LogP contribution is -2.15. The van der Waals surface area contributed by atoms with Crippen molar-refractivity contribution in [1.82, 2.24) is 9.38 Å². The molecular formula is C23H22ClN3OS. The van der Waals surface area contributed by atoms with Crippen LogP contribution in [0, 0.1) is 0 Å². The lowest BCUT2D eigenvalue weighted by molar-refractivity contribution is -0.115. The van der Waals surface area contributed by atoms with Crippen molar-refractivity contribution in [2.75, 3.05) is 5.32 Å². The van der Waals surface area contributed by atoms with Crippen LogP contribution in [0.1, 0.15) is 31.0 Å². The Bertz CT molecular complexity index is 1110. The average molecular weight is 424 g/mol. The number of hydrogen-bond donors (Lipinski definition) is 1. The number of thiazole rings is 1. The summed E-state index contributed by atoms with van der Waals surface area (Å²) in [5.74, 6) is -0.0345. The Morgan fingerprint density at radius 2 is 1.90 bits per heavy atom. The number of benzene rings is 2.